The third kappa shape index (κ3) is 1.56. The topological polar surface area (TPSA) is 50.9 Å². The van der Waals surface area contributed by atoms with Crippen molar-refractivity contribution in [2.45, 2.75) is 25.4 Å². The Balaban J connectivity index is 2.03. The van der Waals surface area contributed by atoms with Gasteiger partial charge in [-0.1, -0.05) is 0 Å². The van der Waals surface area contributed by atoms with E-state index in [4.69, 9.17) is 5.73 Å². The lowest BCUT2D eigenvalue weighted by Gasteiger charge is -2.04. The zero-order valence-electron chi connectivity index (χ0n) is 7.12. The van der Waals surface area contributed by atoms with Gasteiger partial charge in [0.05, 0.1) is 0 Å². The minimum atomic E-state index is 0.346. The van der Waals surface area contributed by atoms with Crippen LogP contribution in [0.2, 0.25) is 0 Å². The van der Waals surface area contributed by atoms with E-state index in [1.165, 1.54) is 0 Å². The van der Waals surface area contributed by atoms with E-state index in [1.807, 2.05) is 25.3 Å². The maximum atomic E-state index is 5.67. The molecule has 0 bridgehead atoms. The predicted octanol–water partition coefficient (Wildman–Crippen LogP) is 0.902. The highest BCUT2D eigenvalue weighted by atomic mass is 15.0. The van der Waals surface area contributed by atoms with Crippen molar-refractivity contribution in [1.29, 1.82) is 0 Å². The van der Waals surface area contributed by atoms with Crippen LogP contribution in [0.4, 0.5) is 5.69 Å². The van der Waals surface area contributed by atoms with Crippen LogP contribution in [-0.2, 0) is 0 Å². The summed E-state index contributed by atoms with van der Waals surface area (Å²) in [7, 11) is 0. The monoisotopic (exact) mass is 163 g/mol. The molecule has 2 rings (SSSR count). The lowest BCUT2D eigenvalue weighted by atomic mass is 10.3. The van der Waals surface area contributed by atoms with Crippen LogP contribution in [0, 0.1) is 6.92 Å². The molecular weight excluding hydrogens is 150 g/mol. The molecule has 64 valence electrons. The van der Waals surface area contributed by atoms with E-state index in [0.717, 1.165) is 17.8 Å². The highest BCUT2D eigenvalue weighted by molar-refractivity contribution is 5.45. The molecule has 12 heavy (non-hydrogen) atoms. The summed E-state index contributed by atoms with van der Waals surface area (Å²) in [6, 6.07) is 4.83. The Morgan fingerprint density at radius 3 is 3.00 bits per heavy atom. The molecule has 1 aliphatic carbocycles. The Morgan fingerprint density at radius 2 is 2.42 bits per heavy atom. The summed E-state index contributed by atoms with van der Waals surface area (Å²) in [6.45, 7) is 1.98. The number of hydrogen-bond donors (Lipinski definition) is 2. The minimum absolute atomic E-state index is 0.346. The lowest BCUT2D eigenvalue weighted by molar-refractivity contribution is 1.00. The number of nitrogens with zero attached hydrogens (tertiary/aromatic N) is 1. The summed E-state index contributed by atoms with van der Waals surface area (Å²) in [4.78, 5) is 4.12. The van der Waals surface area contributed by atoms with Crippen LogP contribution in [0.15, 0.2) is 18.3 Å². The van der Waals surface area contributed by atoms with Gasteiger partial charge in [0.1, 0.15) is 0 Å². The quantitative estimate of drug-likeness (QED) is 0.681. The summed E-state index contributed by atoms with van der Waals surface area (Å²) < 4.78 is 0. The fourth-order valence-electron chi connectivity index (χ4n) is 1.23. The Kier molecular flexibility index (Phi) is 1.73. The van der Waals surface area contributed by atoms with Crippen molar-refractivity contribution in [3.8, 4) is 0 Å². The molecule has 1 saturated carbocycles. The van der Waals surface area contributed by atoms with Crippen molar-refractivity contribution in [2.24, 2.45) is 5.73 Å². The molecule has 0 aromatic carbocycles. The molecule has 0 amide bonds. The SMILES string of the molecule is Cc1cc(NC2CC2N)ccn1. The molecule has 1 heterocycles. The summed E-state index contributed by atoms with van der Waals surface area (Å²) in [5, 5.41) is 3.34. The van der Waals surface area contributed by atoms with E-state index >= 15 is 0 Å². The molecule has 0 spiro atoms. The molecule has 1 aromatic rings. The second kappa shape index (κ2) is 2.75. The Labute approximate surface area is 72.0 Å². The van der Waals surface area contributed by atoms with Crippen LogP contribution >= 0.6 is 0 Å². The zero-order valence-corrected chi connectivity index (χ0v) is 7.12. The van der Waals surface area contributed by atoms with Crippen LogP contribution in [-0.4, -0.2) is 17.1 Å². The molecule has 1 aliphatic rings. The first-order valence-electron chi connectivity index (χ1n) is 4.20. The van der Waals surface area contributed by atoms with Gasteiger partial charge in [-0.15, -0.1) is 0 Å². The number of aryl methyl sites for hydroxylation is 1. The van der Waals surface area contributed by atoms with E-state index in [0.29, 0.717) is 12.1 Å². The van der Waals surface area contributed by atoms with Gasteiger partial charge in [0.15, 0.2) is 0 Å². The van der Waals surface area contributed by atoms with Gasteiger partial charge in [0.25, 0.3) is 0 Å². The highest BCUT2D eigenvalue weighted by Crippen LogP contribution is 2.23. The predicted molar refractivity (Wildman–Crippen MR) is 49.0 cm³/mol. The maximum absolute atomic E-state index is 5.67. The Hall–Kier alpha value is -1.09. The van der Waals surface area contributed by atoms with Crippen LogP contribution in [0.3, 0.4) is 0 Å². The average Bonchev–Trinajstić information content (AvgIpc) is 2.66. The first-order chi connectivity index (χ1) is 5.75. The van der Waals surface area contributed by atoms with Gasteiger partial charge < -0.3 is 11.1 Å². The molecule has 0 saturated heterocycles. The fraction of sp³-hybridized carbons (Fsp3) is 0.444. The van der Waals surface area contributed by atoms with Crippen molar-refractivity contribution in [3.05, 3.63) is 24.0 Å². The molecule has 3 nitrogen and oxygen atoms in total. The summed E-state index contributed by atoms with van der Waals surface area (Å²) in [6.07, 6.45) is 2.90. The molecule has 1 aromatic heterocycles. The molecular formula is C9H13N3. The Morgan fingerprint density at radius 1 is 1.67 bits per heavy atom. The number of rotatable bonds is 2. The van der Waals surface area contributed by atoms with Crippen LogP contribution in [0.1, 0.15) is 12.1 Å². The number of hydrogen-bond acceptors (Lipinski definition) is 3. The van der Waals surface area contributed by atoms with Crippen molar-refractivity contribution < 1.29 is 0 Å². The largest absolute Gasteiger partial charge is 0.381 e. The van der Waals surface area contributed by atoms with E-state index < -0.39 is 0 Å². The smallest absolute Gasteiger partial charge is 0.0428 e. The van der Waals surface area contributed by atoms with Crippen LogP contribution in [0.25, 0.3) is 0 Å². The minimum Gasteiger partial charge on any atom is -0.381 e. The van der Waals surface area contributed by atoms with Crippen molar-refractivity contribution in [3.63, 3.8) is 0 Å². The standard InChI is InChI=1S/C9H13N3/c1-6-4-7(2-3-11-6)12-9-5-8(9)10/h2-4,8-9H,5,10H2,1H3,(H,11,12). The molecule has 3 heteroatoms. The third-order valence-corrected chi connectivity index (χ3v) is 2.09. The summed E-state index contributed by atoms with van der Waals surface area (Å²) >= 11 is 0. The van der Waals surface area contributed by atoms with Gasteiger partial charge in [0.2, 0.25) is 0 Å². The van der Waals surface area contributed by atoms with Crippen molar-refractivity contribution >= 4 is 5.69 Å². The molecule has 2 atom stereocenters. The highest BCUT2D eigenvalue weighted by Gasteiger charge is 2.33. The molecule has 2 unspecified atom stereocenters. The van der Waals surface area contributed by atoms with Crippen molar-refractivity contribution in [2.75, 3.05) is 5.32 Å². The molecule has 3 N–H and O–H groups in total. The van der Waals surface area contributed by atoms with Gasteiger partial charge in [-0.3, -0.25) is 4.98 Å². The maximum Gasteiger partial charge on any atom is 0.0428 e. The molecule has 0 aliphatic heterocycles. The summed E-state index contributed by atoms with van der Waals surface area (Å²) in [5.41, 5.74) is 7.84. The Bertz CT molecular complexity index is 285. The van der Waals surface area contributed by atoms with E-state index in [-0.39, 0.29) is 0 Å². The van der Waals surface area contributed by atoms with Crippen molar-refractivity contribution in [1.82, 2.24) is 4.98 Å². The van der Waals surface area contributed by atoms with E-state index in [9.17, 15) is 0 Å². The average molecular weight is 163 g/mol. The van der Waals surface area contributed by atoms with Gasteiger partial charge in [-0.05, 0) is 25.5 Å². The number of nitrogens with one attached hydrogen (secondary N) is 1. The second-order valence-corrected chi connectivity index (χ2v) is 3.34. The van der Waals surface area contributed by atoms with Gasteiger partial charge in [-0.25, -0.2) is 0 Å². The van der Waals surface area contributed by atoms with Gasteiger partial charge >= 0.3 is 0 Å². The number of pyridine rings is 1. The number of nitrogens with two attached hydrogens (primary N) is 1. The lowest BCUT2D eigenvalue weighted by Crippen LogP contribution is -2.13. The second-order valence-electron chi connectivity index (χ2n) is 3.34. The fourth-order valence-corrected chi connectivity index (χ4v) is 1.23. The number of aromatic nitrogens is 1. The first kappa shape index (κ1) is 7.55. The third-order valence-electron chi connectivity index (χ3n) is 2.09. The molecule has 1 fully saturated rings. The zero-order chi connectivity index (χ0) is 8.55. The van der Waals surface area contributed by atoms with Gasteiger partial charge in [0, 0.05) is 29.7 Å². The van der Waals surface area contributed by atoms with Crippen LogP contribution < -0.4 is 11.1 Å². The van der Waals surface area contributed by atoms with Gasteiger partial charge in [-0.2, -0.15) is 0 Å². The number of anilines is 1. The van der Waals surface area contributed by atoms with E-state index in [2.05, 4.69) is 10.3 Å². The normalized spacial score (nSPS) is 26.8. The summed E-state index contributed by atoms with van der Waals surface area (Å²) in [5.74, 6) is 0. The first-order valence-corrected chi connectivity index (χ1v) is 4.20. The molecule has 0 radical (unpaired) electrons. The van der Waals surface area contributed by atoms with Crippen LogP contribution in [0.5, 0.6) is 0 Å². The van der Waals surface area contributed by atoms with E-state index in [1.54, 1.807) is 0 Å².